The smallest absolute Gasteiger partial charge is 0.233 e. The van der Waals surface area contributed by atoms with Crippen molar-refractivity contribution in [3.8, 4) is 5.88 Å². The highest BCUT2D eigenvalue weighted by Crippen LogP contribution is 2.19. The van der Waals surface area contributed by atoms with Gasteiger partial charge in [0.1, 0.15) is 0 Å². The number of ether oxygens (including phenoxy) is 1. The Morgan fingerprint density at radius 3 is 2.45 bits per heavy atom. The van der Waals surface area contributed by atoms with Gasteiger partial charge in [0.25, 0.3) is 0 Å². The molecule has 1 aromatic carbocycles. The van der Waals surface area contributed by atoms with Crippen molar-refractivity contribution in [1.29, 1.82) is 0 Å². The highest BCUT2D eigenvalue weighted by molar-refractivity contribution is 5.31. The van der Waals surface area contributed by atoms with E-state index in [2.05, 4.69) is 47.6 Å². The van der Waals surface area contributed by atoms with Gasteiger partial charge in [0.15, 0.2) is 0 Å². The van der Waals surface area contributed by atoms with E-state index in [4.69, 9.17) is 4.74 Å². The molecule has 0 saturated carbocycles. The molecule has 0 saturated heterocycles. The van der Waals surface area contributed by atoms with Crippen LogP contribution in [0.15, 0.2) is 30.3 Å². The monoisotopic (exact) mass is 271 g/mol. The fourth-order valence-corrected chi connectivity index (χ4v) is 2.15. The van der Waals surface area contributed by atoms with Crippen molar-refractivity contribution >= 4 is 0 Å². The third-order valence-corrected chi connectivity index (χ3v) is 3.59. The van der Waals surface area contributed by atoms with Gasteiger partial charge in [0.05, 0.1) is 18.8 Å². The van der Waals surface area contributed by atoms with Gasteiger partial charge in [-0.05, 0) is 50.1 Å². The predicted molar refractivity (Wildman–Crippen MR) is 80.0 cm³/mol. The zero-order valence-corrected chi connectivity index (χ0v) is 12.5. The van der Waals surface area contributed by atoms with E-state index >= 15 is 0 Å². The van der Waals surface area contributed by atoms with E-state index in [0.717, 1.165) is 12.1 Å². The maximum absolute atomic E-state index is 5.04. The number of rotatable bonds is 5. The number of benzene rings is 1. The van der Waals surface area contributed by atoms with E-state index in [-0.39, 0.29) is 6.04 Å². The van der Waals surface area contributed by atoms with Crippen LogP contribution in [0.4, 0.5) is 0 Å². The maximum atomic E-state index is 5.04. The summed E-state index contributed by atoms with van der Waals surface area (Å²) in [6.45, 7) is 4.27. The summed E-state index contributed by atoms with van der Waals surface area (Å²) in [5.74, 6) is 0.537. The number of hydrogen-bond donors (Lipinski definition) is 1. The number of nitrogens with one attached hydrogen (secondary N) is 1. The molecule has 2 aromatic rings. The minimum atomic E-state index is 0.149. The van der Waals surface area contributed by atoms with Crippen molar-refractivity contribution in [1.82, 2.24) is 15.5 Å². The lowest BCUT2D eigenvalue weighted by Gasteiger charge is -2.16. The lowest BCUT2D eigenvalue weighted by molar-refractivity contribution is 0.389. The molecule has 0 aliphatic rings. The third kappa shape index (κ3) is 3.33. The number of aryl methyl sites for hydroxylation is 2. The molecule has 1 atom stereocenters. The van der Waals surface area contributed by atoms with E-state index in [9.17, 15) is 0 Å². The molecule has 1 unspecified atom stereocenters. The molecule has 106 valence electrons. The summed E-state index contributed by atoms with van der Waals surface area (Å²) in [5.41, 5.74) is 4.86. The fraction of sp³-hybridized carbons (Fsp3) is 0.375. The Bertz CT molecular complexity index is 566. The van der Waals surface area contributed by atoms with E-state index in [0.29, 0.717) is 5.88 Å². The molecule has 0 aliphatic heterocycles. The van der Waals surface area contributed by atoms with Crippen molar-refractivity contribution < 1.29 is 4.74 Å². The van der Waals surface area contributed by atoms with Crippen LogP contribution in [0.25, 0.3) is 0 Å². The number of hydrogen-bond acceptors (Lipinski definition) is 4. The number of likely N-dealkylation sites (N-methyl/N-ethyl adjacent to an activating group) is 1. The maximum Gasteiger partial charge on any atom is 0.233 e. The summed E-state index contributed by atoms with van der Waals surface area (Å²) in [7, 11) is 3.53. The van der Waals surface area contributed by atoms with Crippen LogP contribution in [0.2, 0.25) is 0 Å². The standard InChI is InChI=1S/C16H21N3O/c1-11-5-6-13(9-12(11)2)10-15(17-3)14-7-8-16(20-4)19-18-14/h5-9,15,17H,10H2,1-4H3. The van der Waals surface area contributed by atoms with Crippen molar-refractivity contribution in [3.63, 3.8) is 0 Å². The van der Waals surface area contributed by atoms with Gasteiger partial charge in [-0.3, -0.25) is 0 Å². The van der Waals surface area contributed by atoms with Crippen LogP contribution < -0.4 is 10.1 Å². The summed E-state index contributed by atoms with van der Waals surface area (Å²) in [6, 6.07) is 10.5. The number of aromatic nitrogens is 2. The van der Waals surface area contributed by atoms with Gasteiger partial charge < -0.3 is 10.1 Å². The lowest BCUT2D eigenvalue weighted by Crippen LogP contribution is -2.20. The molecular weight excluding hydrogens is 250 g/mol. The van der Waals surface area contributed by atoms with Crippen molar-refractivity contribution in [2.75, 3.05) is 14.2 Å². The van der Waals surface area contributed by atoms with E-state index in [1.165, 1.54) is 16.7 Å². The van der Waals surface area contributed by atoms with Gasteiger partial charge in [-0.15, -0.1) is 5.10 Å². The van der Waals surface area contributed by atoms with Gasteiger partial charge in [-0.25, -0.2) is 0 Å². The van der Waals surface area contributed by atoms with Gasteiger partial charge in [-0.1, -0.05) is 18.2 Å². The van der Waals surface area contributed by atoms with Crippen LogP contribution in [0, 0.1) is 13.8 Å². The summed E-state index contributed by atoms with van der Waals surface area (Å²) in [5, 5.41) is 11.5. The second-order valence-corrected chi connectivity index (χ2v) is 4.96. The van der Waals surface area contributed by atoms with Crippen molar-refractivity contribution in [2.45, 2.75) is 26.3 Å². The molecule has 20 heavy (non-hydrogen) atoms. The first-order valence-corrected chi connectivity index (χ1v) is 6.75. The molecule has 0 spiro atoms. The molecule has 2 rings (SSSR count). The summed E-state index contributed by atoms with van der Waals surface area (Å²) in [6.07, 6.45) is 0.888. The van der Waals surface area contributed by atoms with Crippen molar-refractivity contribution in [3.05, 3.63) is 52.7 Å². The minimum Gasteiger partial charge on any atom is -0.480 e. The van der Waals surface area contributed by atoms with Crippen LogP contribution in [0.5, 0.6) is 5.88 Å². The molecular formula is C16H21N3O. The Kier molecular flexibility index (Phi) is 4.69. The third-order valence-electron chi connectivity index (χ3n) is 3.59. The van der Waals surface area contributed by atoms with Crippen LogP contribution in [-0.4, -0.2) is 24.4 Å². The Balaban J connectivity index is 2.16. The first-order chi connectivity index (χ1) is 9.63. The first-order valence-electron chi connectivity index (χ1n) is 6.75. The molecule has 0 bridgehead atoms. The van der Waals surface area contributed by atoms with E-state index in [1.807, 2.05) is 19.2 Å². The lowest BCUT2D eigenvalue weighted by atomic mass is 9.99. The normalized spacial score (nSPS) is 12.2. The average Bonchev–Trinajstić information content (AvgIpc) is 2.48. The van der Waals surface area contributed by atoms with Crippen LogP contribution in [0.3, 0.4) is 0 Å². The highest BCUT2D eigenvalue weighted by Gasteiger charge is 2.13. The Hall–Kier alpha value is -1.94. The molecule has 1 heterocycles. The second kappa shape index (κ2) is 6.48. The Morgan fingerprint density at radius 2 is 1.90 bits per heavy atom. The summed E-state index contributed by atoms with van der Waals surface area (Å²) in [4.78, 5) is 0. The van der Waals surface area contributed by atoms with Crippen LogP contribution in [-0.2, 0) is 6.42 Å². The zero-order valence-electron chi connectivity index (χ0n) is 12.5. The molecule has 0 fully saturated rings. The van der Waals surface area contributed by atoms with Crippen LogP contribution >= 0.6 is 0 Å². The number of methoxy groups -OCH3 is 1. The molecule has 0 amide bonds. The van der Waals surface area contributed by atoms with Gasteiger partial charge in [0.2, 0.25) is 5.88 Å². The predicted octanol–water partition coefficient (Wildman–Crippen LogP) is 2.61. The average molecular weight is 271 g/mol. The zero-order chi connectivity index (χ0) is 14.5. The Morgan fingerprint density at radius 1 is 1.10 bits per heavy atom. The highest BCUT2D eigenvalue weighted by atomic mass is 16.5. The largest absolute Gasteiger partial charge is 0.480 e. The van der Waals surface area contributed by atoms with Gasteiger partial charge >= 0.3 is 0 Å². The van der Waals surface area contributed by atoms with E-state index in [1.54, 1.807) is 7.11 Å². The van der Waals surface area contributed by atoms with Crippen LogP contribution in [0.1, 0.15) is 28.4 Å². The molecule has 1 aromatic heterocycles. The van der Waals surface area contributed by atoms with Crippen molar-refractivity contribution in [2.24, 2.45) is 0 Å². The summed E-state index contributed by atoms with van der Waals surface area (Å²) >= 11 is 0. The van der Waals surface area contributed by atoms with E-state index < -0.39 is 0 Å². The molecule has 1 N–H and O–H groups in total. The second-order valence-electron chi connectivity index (χ2n) is 4.96. The Labute approximate surface area is 120 Å². The summed E-state index contributed by atoms with van der Waals surface area (Å²) < 4.78 is 5.04. The quantitative estimate of drug-likeness (QED) is 0.908. The topological polar surface area (TPSA) is 47.0 Å². The minimum absolute atomic E-state index is 0.149. The SMILES string of the molecule is CNC(Cc1ccc(C)c(C)c1)c1ccc(OC)nn1. The molecule has 4 heteroatoms. The first kappa shape index (κ1) is 14.5. The number of nitrogens with zero attached hydrogens (tertiary/aromatic N) is 2. The van der Waals surface area contributed by atoms with Gasteiger partial charge in [0, 0.05) is 6.07 Å². The molecule has 0 aliphatic carbocycles. The van der Waals surface area contributed by atoms with Gasteiger partial charge in [-0.2, -0.15) is 5.10 Å². The molecule has 4 nitrogen and oxygen atoms in total. The fourth-order valence-electron chi connectivity index (χ4n) is 2.15. The molecule has 0 radical (unpaired) electrons.